The fourth-order valence-electron chi connectivity index (χ4n) is 1.72. The molecule has 3 rings (SSSR count). The van der Waals surface area contributed by atoms with Crippen molar-refractivity contribution in [2.24, 2.45) is 0 Å². The Morgan fingerprint density at radius 3 is 2.71 bits per heavy atom. The minimum absolute atomic E-state index is 0.131. The topological polar surface area (TPSA) is 64.7 Å². The summed E-state index contributed by atoms with van der Waals surface area (Å²) in [6.07, 6.45) is 0. The second kappa shape index (κ2) is 4.10. The van der Waals surface area contributed by atoms with Crippen molar-refractivity contribution in [1.29, 1.82) is 0 Å². The molecule has 0 saturated carbocycles. The lowest BCUT2D eigenvalue weighted by Gasteiger charge is -2.18. The maximum absolute atomic E-state index is 8.92. The maximum Gasteiger partial charge on any atom is 0.167 e. The van der Waals surface area contributed by atoms with Crippen molar-refractivity contribution in [2.45, 2.75) is 6.61 Å². The van der Waals surface area contributed by atoms with Gasteiger partial charge in [-0.05, 0) is 18.2 Å². The largest absolute Gasteiger partial charge is 0.486 e. The van der Waals surface area contributed by atoms with E-state index in [-0.39, 0.29) is 6.61 Å². The van der Waals surface area contributed by atoms with Gasteiger partial charge in [0.2, 0.25) is 0 Å². The molecular weight excluding hydrogens is 222 g/mol. The zero-order valence-electron chi connectivity index (χ0n) is 9.05. The SMILES string of the molecule is OCc1cc(-c2ccc3c(c2)OCCO3)on1. The maximum atomic E-state index is 8.92. The van der Waals surface area contributed by atoms with Crippen LogP contribution in [0.2, 0.25) is 0 Å². The van der Waals surface area contributed by atoms with E-state index in [1.165, 1.54) is 0 Å². The molecular formula is C12H11NO4. The van der Waals surface area contributed by atoms with Gasteiger partial charge in [0, 0.05) is 11.6 Å². The number of aliphatic hydroxyl groups is 1. The van der Waals surface area contributed by atoms with Crippen LogP contribution < -0.4 is 9.47 Å². The van der Waals surface area contributed by atoms with E-state index < -0.39 is 0 Å². The average Bonchev–Trinajstić information content (AvgIpc) is 2.87. The quantitative estimate of drug-likeness (QED) is 0.853. The Balaban J connectivity index is 1.97. The van der Waals surface area contributed by atoms with E-state index in [1.54, 1.807) is 6.07 Å². The Bertz CT molecular complexity index is 535. The highest BCUT2D eigenvalue weighted by Crippen LogP contribution is 2.34. The predicted molar refractivity (Wildman–Crippen MR) is 58.9 cm³/mol. The highest BCUT2D eigenvalue weighted by Gasteiger charge is 2.14. The first kappa shape index (κ1) is 10.2. The highest BCUT2D eigenvalue weighted by atomic mass is 16.6. The van der Waals surface area contributed by atoms with E-state index in [2.05, 4.69) is 5.16 Å². The molecule has 0 bridgehead atoms. The van der Waals surface area contributed by atoms with Crippen molar-refractivity contribution in [2.75, 3.05) is 13.2 Å². The third-order valence-corrected chi connectivity index (χ3v) is 2.55. The molecule has 1 aromatic carbocycles. The second-order valence-electron chi connectivity index (χ2n) is 3.70. The van der Waals surface area contributed by atoms with E-state index in [1.807, 2.05) is 18.2 Å². The molecule has 2 heterocycles. The first-order valence-electron chi connectivity index (χ1n) is 5.33. The third kappa shape index (κ3) is 1.85. The zero-order chi connectivity index (χ0) is 11.7. The molecule has 17 heavy (non-hydrogen) atoms. The molecule has 0 atom stereocenters. The lowest BCUT2D eigenvalue weighted by Crippen LogP contribution is -2.15. The van der Waals surface area contributed by atoms with Crippen LogP contribution in [-0.2, 0) is 6.61 Å². The summed E-state index contributed by atoms with van der Waals surface area (Å²) in [4.78, 5) is 0. The third-order valence-electron chi connectivity index (χ3n) is 2.55. The Morgan fingerprint density at radius 1 is 1.12 bits per heavy atom. The van der Waals surface area contributed by atoms with E-state index in [4.69, 9.17) is 19.1 Å². The van der Waals surface area contributed by atoms with Crippen LogP contribution in [0.25, 0.3) is 11.3 Å². The molecule has 0 unspecified atom stereocenters. The van der Waals surface area contributed by atoms with Gasteiger partial charge in [0.1, 0.15) is 18.9 Å². The van der Waals surface area contributed by atoms with Crippen LogP contribution in [0.1, 0.15) is 5.69 Å². The Labute approximate surface area is 97.6 Å². The normalized spacial score (nSPS) is 13.7. The van der Waals surface area contributed by atoms with Gasteiger partial charge in [0.05, 0.1) is 6.61 Å². The van der Waals surface area contributed by atoms with Crippen LogP contribution in [0.5, 0.6) is 11.5 Å². The summed E-state index contributed by atoms with van der Waals surface area (Å²) in [7, 11) is 0. The molecule has 0 saturated heterocycles. The molecule has 88 valence electrons. The number of benzene rings is 1. The van der Waals surface area contributed by atoms with Crippen LogP contribution in [-0.4, -0.2) is 23.5 Å². The molecule has 0 fully saturated rings. The molecule has 0 radical (unpaired) electrons. The monoisotopic (exact) mass is 233 g/mol. The number of hydrogen-bond acceptors (Lipinski definition) is 5. The van der Waals surface area contributed by atoms with Crippen molar-refractivity contribution in [3.05, 3.63) is 30.0 Å². The molecule has 0 aliphatic carbocycles. The van der Waals surface area contributed by atoms with Crippen molar-refractivity contribution in [1.82, 2.24) is 5.16 Å². The van der Waals surface area contributed by atoms with Crippen molar-refractivity contribution in [3.63, 3.8) is 0 Å². The molecule has 0 amide bonds. The Morgan fingerprint density at radius 2 is 1.94 bits per heavy atom. The Hall–Kier alpha value is -2.01. The Kier molecular flexibility index (Phi) is 2.45. The highest BCUT2D eigenvalue weighted by molar-refractivity contribution is 5.62. The van der Waals surface area contributed by atoms with Crippen molar-refractivity contribution >= 4 is 0 Å². The summed E-state index contributed by atoms with van der Waals surface area (Å²) in [6, 6.07) is 7.25. The van der Waals surface area contributed by atoms with Gasteiger partial charge in [-0.1, -0.05) is 5.16 Å². The number of nitrogens with zero attached hydrogens (tertiary/aromatic N) is 1. The summed E-state index contributed by atoms with van der Waals surface area (Å²) in [5.74, 6) is 2.05. The molecule has 1 aliphatic heterocycles. The van der Waals surface area contributed by atoms with Gasteiger partial charge in [-0.15, -0.1) is 0 Å². The van der Waals surface area contributed by atoms with Gasteiger partial charge < -0.3 is 19.1 Å². The van der Waals surface area contributed by atoms with Crippen LogP contribution in [0.4, 0.5) is 0 Å². The van der Waals surface area contributed by atoms with E-state index >= 15 is 0 Å². The molecule has 1 N–H and O–H groups in total. The van der Waals surface area contributed by atoms with Gasteiger partial charge in [0.15, 0.2) is 17.3 Å². The fourth-order valence-corrected chi connectivity index (χ4v) is 1.72. The first-order valence-corrected chi connectivity index (χ1v) is 5.33. The summed E-state index contributed by atoms with van der Waals surface area (Å²) in [5.41, 5.74) is 1.36. The molecule has 0 spiro atoms. The summed E-state index contributed by atoms with van der Waals surface area (Å²) >= 11 is 0. The molecule has 5 nitrogen and oxygen atoms in total. The molecule has 1 aliphatic rings. The standard InChI is InChI=1S/C12H11NO4/c14-7-9-6-11(17-13-9)8-1-2-10-12(5-8)16-4-3-15-10/h1-2,5-6,14H,3-4,7H2. The van der Waals surface area contributed by atoms with Crippen LogP contribution in [0.15, 0.2) is 28.8 Å². The van der Waals surface area contributed by atoms with E-state index in [0.717, 1.165) is 11.3 Å². The summed E-state index contributed by atoms with van der Waals surface area (Å²) < 4.78 is 16.0. The number of fused-ring (bicyclic) bond motifs is 1. The fraction of sp³-hybridized carbons (Fsp3) is 0.250. The van der Waals surface area contributed by atoms with Gasteiger partial charge in [0.25, 0.3) is 0 Å². The average molecular weight is 233 g/mol. The van der Waals surface area contributed by atoms with E-state index in [9.17, 15) is 0 Å². The predicted octanol–water partition coefficient (Wildman–Crippen LogP) is 1.61. The minimum atomic E-state index is -0.131. The molecule has 5 heteroatoms. The number of rotatable bonds is 2. The van der Waals surface area contributed by atoms with Crippen molar-refractivity contribution in [3.8, 4) is 22.8 Å². The minimum Gasteiger partial charge on any atom is -0.486 e. The summed E-state index contributed by atoms with van der Waals surface area (Å²) in [5, 5.41) is 12.6. The first-order chi connectivity index (χ1) is 8.36. The van der Waals surface area contributed by atoms with Crippen molar-refractivity contribution < 1.29 is 19.1 Å². The second-order valence-corrected chi connectivity index (χ2v) is 3.70. The lowest BCUT2D eigenvalue weighted by molar-refractivity contribution is 0.171. The number of aliphatic hydroxyl groups excluding tert-OH is 1. The zero-order valence-corrected chi connectivity index (χ0v) is 9.05. The summed E-state index contributed by atoms with van der Waals surface area (Å²) in [6.45, 7) is 0.992. The van der Waals surface area contributed by atoms with Gasteiger partial charge >= 0.3 is 0 Å². The molecule has 1 aromatic heterocycles. The smallest absolute Gasteiger partial charge is 0.167 e. The number of hydrogen-bond donors (Lipinski definition) is 1. The van der Waals surface area contributed by atoms with Crippen LogP contribution >= 0.6 is 0 Å². The van der Waals surface area contributed by atoms with E-state index in [0.29, 0.717) is 30.4 Å². The number of aromatic nitrogens is 1. The van der Waals surface area contributed by atoms with Crippen LogP contribution in [0.3, 0.4) is 0 Å². The van der Waals surface area contributed by atoms with Gasteiger partial charge in [-0.2, -0.15) is 0 Å². The van der Waals surface area contributed by atoms with Crippen LogP contribution in [0, 0.1) is 0 Å². The van der Waals surface area contributed by atoms with Gasteiger partial charge in [-0.25, -0.2) is 0 Å². The molecule has 2 aromatic rings. The lowest BCUT2D eigenvalue weighted by atomic mass is 10.1. The van der Waals surface area contributed by atoms with Gasteiger partial charge in [-0.3, -0.25) is 0 Å². The number of ether oxygens (including phenoxy) is 2.